The molecule has 5 rings (SSSR count). The fourth-order valence-corrected chi connectivity index (χ4v) is 6.33. The molecule has 3 fully saturated rings. The predicted octanol–water partition coefficient (Wildman–Crippen LogP) is 3.31. The highest BCUT2D eigenvalue weighted by molar-refractivity contribution is 5.95. The van der Waals surface area contributed by atoms with Crippen LogP contribution >= 0.6 is 0 Å². The topological polar surface area (TPSA) is 86.8 Å². The summed E-state index contributed by atoms with van der Waals surface area (Å²) >= 11 is 0. The third-order valence-electron chi connectivity index (χ3n) is 8.20. The Kier molecular flexibility index (Phi) is 8.20. The summed E-state index contributed by atoms with van der Waals surface area (Å²) in [6.45, 7) is 1.03. The second-order valence-electron chi connectivity index (χ2n) is 11.0. The Balaban J connectivity index is 1.48. The van der Waals surface area contributed by atoms with Gasteiger partial charge in [-0.2, -0.15) is 0 Å². The molecule has 7 nitrogen and oxygen atoms in total. The van der Waals surface area contributed by atoms with Crippen molar-refractivity contribution in [3.05, 3.63) is 71.8 Å². The van der Waals surface area contributed by atoms with Crippen LogP contribution in [0.1, 0.15) is 56.1 Å². The third kappa shape index (κ3) is 5.98. The first kappa shape index (κ1) is 26.1. The van der Waals surface area contributed by atoms with Gasteiger partial charge in [0.05, 0.1) is 0 Å². The van der Waals surface area contributed by atoms with Crippen LogP contribution in [-0.2, 0) is 32.0 Å². The summed E-state index contributed by atoms with van der Waals surface area (Å²) in [6, 6.07) is 18.0. The molecule has 38 heavy (non-hydrogen) atoms. The summed E-state index contributed by atoms with van der Waals surface area (Å²) in [5.74, 6) is -1.02. The van der Waals surface area contributed by atoms with E-state index in [9.17, 15) is 19.2 Å². The number of hydrogen-bond acceptors (Lipinski definition) is 4. The maximum absolute atomic E-state index is 13.9. The largest absolute Gasteiger partial charge is 0.351 e. The third-order valence-corrected chi connectivity index (χ3v) is 8.20. The van der Waals surface area contributed by atoms with Gasteiger partial charge in [0.1, 0.15) is 17.9 Å². The van der Waals surface area contributed by atoms with Crippen molar-refractivity contribution in [2.75, 3.05) is 13.1 Å². The van der Waals surface area contributed by atoms with Gasteiger partial charge in [-0.05, 0) is 56.1 Å². The molecule has 200 valence electrons. The minimum atomic E-state index is -0.567. The van der Waals surface area contributed by atoms with Gasteiger partial charge in [0, 0.05) is 37.9 Å². The molecular weight excluding hydrogens is 478 g/mol. The number of carbonyl (C=O) groups is 4. The SMILES string of the molecule is O=C1C[C@H](Cc2ccccc2)NC(=O)[C@@H]2CCCCN2C(=O)[C@@H]2CCCN2C(=O)[C@H](Cc2ccccc2)C1. The summed E-state index contributed by atoms with van der Waals surface area (Å²) in [4.78, 5) is 58.2. The molecule has 3 saturated heterocycles. The predicted molar refractivity (Wildman–Crippen MR) is 144 cm³/mol. The van der Waals surface area contributed by atoms with Crippen LogP contribution in [0.4, 0.5) is 0 Å². The van der Waals surface area contributed by atoms with E-state index in [4.69, 9.17) is 0 Å². The van der Waals surface area contributed by atoms with Crippen molar-refractivity contribution in [1.29, 1.82) is 0 Å². The number of ketones is 1. The minimum absolute atomic E-state index is 0.0395. The molecule has 4 atom stereocenters. The van der Waals surface area contributed by atoms with Gasteiger partial charge >= 0.3 is 0 Å². The molecule has 3 heterocycles. The molecule has 0 spiro atoms. The van der Waals surface area contributed by atoms with Gasteiger partial charge in [-0.25, -0.2) is 0 Å². The van der Waals surface area contributed by atoms with E-state index in [-0.39, 0.29) is 36.3 Å². The highest BCUT2D eigenvalue weighted by Crippen LogP contribution is 2.28. The van der Waals surface area contributed by atoms with E-state index >= 15 is 0 Å². The second-order valence-corrected chi connectivity index (χ2v) is 11.0. The number of piperidine rings is 1. The molecule has 0 radical (unpaired) electrons. The second kappa shape index (κ2) is 11.9. The zero-order valence-corrected chi connectivity index (χ0v) is 21.9. The van der Waals surface area contributed by atoms with Crippen molar-refractivity contribution in [1.82, 2.24) is 15.1 Å². The van der Waals surface area contributed by atoms with Crippen LogP contribution in [0.15, 0.2) is 60.7 Å². The summed E-state index contributed by atoms with van der Waals surface area (Å²) in [7, 11) is 0. The van der Waals surface area contributed by atoms with E-state index in [0.29, 0.717) is 38.8 Å². The molecule has 3 aliphatic rings. The number of nitrogens with one attached hydrogen (secondary N) is 1. The first-order chi connectivity index (χ1) is 18.5. The molecule has 1 N–H and O–H groups in total. The number of fused-ring (bicyclic) bond motifs is 2. The molecule has 3 amide bonds. The van der Waals surface area contributed by atoms with Gasteiger partial charge in [0.2, 0.25) is 17.7 Å². The number of hydrogen-bond donors (Lipinski definition) is 1. The van der Waals surface area contributed by atoms with Crippen LogP contribution in [-0.4, -0.2) is 64.5 Å². The minimum Gasteiger partial charge on any atom is -0.351 e. The Morgan fingerprint density at radius 1 is 0.658 bits per heavy atom. The molecule has 0 saturated carbocycles. The molecule has 2 aromatic rings. The molecule has 7 heteroatoms. The zero-order valence-electron chi connectivity index (χ0n) is 21.9. The Morgan fingerprint density at radius 2 is 1.26 bits per heavy atom. The average Bonchev–Trinajstić information content (AvgIpc) is 3.42. The lowest BCUT2D eigenvalue weighted by Crippen LogP contribution is -2.58. The lowest BCUT2D eigenvalue weighted by molar-refractivity contribution is -0.151. The number of carbonyl (C=O) groups excluding carboxylic acids is 4. The van der Waals surface area contributed by atoms with E-state index < -0.39 is 24.0 Å². The number of amides is 3. The maximum atomic E-state index is 13.9. The van der Waals surface area contributed by atoms with Gasteiger partial charge in [-0.15, -0.1) is 0 Å². The van der Waals surface area contributed by atoms with Crippen LogP contribution in [0.25, 0.3) is 0 Å². The summed E-state index contributed by atoms with van der Waals surface area (Å²) in [5.41, 5.74) is 2.03. The van der Waals surface area contributed by atoms with Crippen molar-refractivity contribution in [3.63, 3.8) is 0 Å². The Hall–Kier alpha value is -3.48. The fourth-order valence-electron chi connectivity index (χ4n) is 6.33. The van der Waals surface area contributed by atoms with Crippen molar-refractivity contribution in [2.24, 2.45) is 5.92 Å². The van der Waals surface area contributed by atoms with Crippen LogP contribution < -0.4 is 5.32 Å². The van der Waals surface area contributed by atoms with E-state index in [1.165, 1.54) is 0 Å². The zero-order chi connectivity index (χ0) is 26.5. The van der Waals surface area contributed by atoms with Gasteiger partial charge < -0.3 is 15.1 Å². The van der Waals surface area contributed by atoms with Crippen molar-refractivity contribution < 1.29 is 19.2 Å². The standard InChI is InChI=1S/C31H37N3O4/c35-26-20-24(18-22-10-3-1-4-11-22)30(37)34-17-9-15-28(34)31(38)33-16-8-7-14-27(33)29(36)32-25(21-26)19-23-12-5-2-6-13-23/h1-6,10-13,24-25,27-28H,7-9,14-21H2,(H,32,36)/t24-,25+,27+,28+/m1/s1. The van der Waals surface area contributed by atoms with Crippen molar-refractivity contribution in [2.45, 2.75) is 75.9 Å². The molecule has 0 aromatic heterocycles. The van der Waals surface area contributed by atoms with Crippen molar-refractivity contribution in [3.8, 4) is 0 Å². The van der Waals surface area contributed by atoms with E-state index in [1.807, 2.05) is 60.7 Å². The normalized spacial score (nSPS) is 27.1. The Morgan fingerprint density at radius 3 is 1.97 bits per heavy atom. The maximum Gasteiger partial charge on any atom is 0.246 e. The summed E-state index contributed by atoms with van der Waals surface area (Å²) < 4.78 is 0. The first-order valence-electron chi connectivity index (χ1n) is 14.0. The quantitative estimate of drug-likeness (QED) is 0.677. The van der Waals surface area contributed by atoms with Crippen LogP contribution in [0, 0.1) is 5.92 Å². The van der Waals surface area contributed by atoms with Crippen LogP contribution in [0.5, 0.6) is 0 Å². The monoisotopic (exact) mass is 515 g/mol. The number of Topliss-reactive ketones (excluding diaryl/α,β-unsaturated/α-hetero) is 1. The molecule has 0 aliphatic carbocycles. The van der Waals surface area contributed by atoms with E-state index in [0.717, 1.165) is 30.4 Å². The lowest BCUT2D eigenvalue weighted by atomic mass is 9.90. The van der Waals surface area contributed by atoms with Crippen LogP contribution in [0.3, 0.4) is 0 Å². The highest BCUT2D eigenvalue weighted by atomic mass is 16.2. The molecule has 0 unspecified atom stereocenters. The van der Waals surface area contributed by atoms with E-state index in [1.54, 1.807) is 9.80 Å². The van der Waals surface area contributed by atoms with Crippen LogP contribution in [0.2, 0.25) is 0 Å². The number of rotatable bonds is 4. The smallest absolute Gasteiger partial charge is 0.246 e. The number of nitrogens with zero attached hydrogens (tertiary/aromatic N) is 2. The lowest BCUT2D eigenvalue weighted by Gasteiger charge is -2.38. The first-order valence-corrected chi connectivity index (χ1v) is 14.0. The molecular formula is C31H37N3O4. The van der Waals surface area contributed by atoms with Gasteiger partial charge in [-0.3, -0.25) is 19.2 Å². The molecule has 2 aromatic carbocycles. The molecule has 3 aliphatic heterocycles. The van der Waals surface area contributed by atoms with Gasteiger partial charge in [0.25, 0.3) is 0 Å². The van der Waals surface area contributed by atoms with Gasteiger partial charge in [-0.1, -0.05) is 60.7 Å². The summed E-state index contributed by atoms with van der Waals surface area (Å²) in [5, 5.41) is 3.14. The number of benzene rings is 2. The molecule has 0 bridgehead atoms. The Bertz CT molecular complexity index is 1150. The highest BCUT2D eigenvalue weighted by Gasteiger charge is 2.43. The fraction of sp³-hybridized carbons (Fsp3) is 0.484. The van der Waals surface area contributed by atoms with Crippen molar-refractivity contribution >= 4 is 23.5 Å². The Labute approximate surface area is 224 Å². The average molecular weight is 516 g/mol. The summed E-state index contributed by atoms with van der Waals surface area (Å²) in [6.07, 6.45) is 4.88. The van der Waals surface area contributed by atoms with Gasteiger partial charge in [0.15, 0.2) is 0 Å². The van der Waals surface area contributed by atoms with E-state index in [2.05, 4.69) is 5.32 Å².